The van der Waals surface area contributed by atoms with E-state index in [9.17, 15) is 0 Å². The predicted molar refractivity (Wildman–Crippen MR) is 38.0 cm³/mol. The zero-order chi connectivity index (χ0) is 6.69. The molecule has 0 amide bonds. The van der Waals surface area contributed by atoms with E-state index in [1.165, 1.54) is 19.4 Å². The van der Waals surface area contributed by atoms with Crippen molar-refractivity contribution in [1.29, 1.82) is 0 Å². The molecular formula is C7H14N2-. The van der Waals surface area contributed by atoms with Gasteiger partial charge < -0.3 is 10.2 Å². The van der Waals surface area contributed by atoms with Gasteiger partial charge in [0.1, 0.15) is 0 Å². The molecule has 0 aliphatic carbocycles. The topological polar surface area (TPSA) is 17.3 Å². The van der Waals surface area contributed by atoms with Gasteiger partial charge in [0, 0.05) is 6.04 Å². The van der Waals surface area contributed by atoms with Crippen molar-refractivity contribution in [3.63, 3.8) is 0 Å². The molecule has 2 nitrogen and oxygen atoms in total. The van der Waals surface area contributed by atoms with Gasteiger partial charge in [-0.05, 0) is 33.0 Å². The molecule has 1 atom stereocenters. The van der Waals surface area contributed by atoms with E-state index in [1.807, 2.05) is 0 Å². The highest BCUT2D eigenvalue weighted by atomic mass is 15.2. The molecule has 0 spiro atoms. The van der Waals surface area contributed by atoms with Crippen LogP contribution in [0.15, 0.2) is 0 Å². The number of likely N-dealkylation sites (N-methyl/N-ethyl adjacent to an activating group) is 1. The van der Waals surface area contributed by atoms with E-state index >= 15 is 0 Å². The Labute approximate surface area is 57.2 Å². The summed E-state index contributed by atoms with van der Waals surface area (Å²) in [6, 6.07) is 0.683. The van der Waals surface area contributed by atoms with Gasteiger partial charge in [0.25, 0.3) is 0 Å². The number of likely N-dealkylation sites (tertiary alicyclic amines) is 1. The Morgan fingerprint density at radius 1 is 1.78 bits per heavy atom. The van der Waals surface area contributed by atoms with Crippen molar-refractivity contribution < 1.29 is 0 Å². The van der Waals surface area contributed by atoms with Crippen molar-refractivity contribution in [2.75, 3.05) is 20.1 Å². The summed E-state index contributed by atoms with van der Waals surface area (Å²) in [5.41, 5.74) is 0. The van der Waals surface area contributed by atoms with Gasteiger partial charge in [-0.1, -0.05) is 0 Å². The summed E-state index contributed by atoms with van der Waals surface area (Å²) in [6.45, 7) is 2.15. The fourth-order valence-electron chi connectivity index (χ4n) is 1.36. The molecule has 0 aromatic rings. The van der Waals surface area contributed by atoms with Crippen LogP contribution in [-0.2, 0) is 0 Å². The molecule has 0 bridgehead atoms. The highest BCUT2D eigenvalue weighted by molar-refractivity contribution is 4.77. The average Bonchev–Trinajstić information content (AvgIpc) is 2.18. The van der Waals surface area contributed by atoms with Gasteiger partial charge in [-0.3, -0.25) is 7.05 Å². The van der Waals surface area contributed by atoms with Crippen molar-refractivity contribution >= 4 is 0 Å². The Morgan fingerprint density at radius 2 is 2.56 bits per heavy atom. The van der Waals surface area contributed by atoms with Crippen LogP contribution in [0.5, 0.6) is 0 Å². The second kappa shape index (κ2) is 3.18. The lowest BCUT2D eigenvalue weighted by Gasteiger charge is -2.19. The van der Waals surface area contributed by atoms with Crippen LogP contribution in [0, 0.1) is 7.05 Å². The first kappa shape index (κ1) is 7.03. The van der Waals surface area contributed by atoms with Gasteiger partial charge >= 0.3 is 0 Å². The van der Waals surface area contributed by atoms with Gasteiger partial charge in [-0.25, -0.2) is 0 Å². The quantitative estimate of drug-likeness (QED) is 0.492. The number of nitrogens with zero attached hydrogens (tertiary/aromatic N) is 2. The molecule has 0 aromatic heterocycles. The fraction of sp³-hybridized carbons (Fsp3) is 0.857. The second-order valence-electron chi connectivity index (χ2n) is 2.68. The van der Waals surface area contributed by atoms with E-state index < -0.39 is 0 Å². The summed E-state index contributed by atoms with van der Waals surface area (Å²) < 4.78 is 0. The van der Waals surface area contributed by atoms with Crippen LogP contribution in [0.2, 0.25) is 0 Å². The molecule has 1 fully saturated rings. The first-order valence-electron chi connectivity index (χ1n) is 3.47. The average molecular weight is 126 g/mol. The Morgan fingerprint density at radius 3 is 3.00 bits per heavy atom. The normalized spacial score (nSPS) is 29.3. The van der Waals surface area contributed by atoms with Crippen LogP contribution in [0.4, 0.5) is 0 Å². The highest BCUT2D eigenvalue weighted by Crippen LogP contribution is 2.13. The minimum Gasteiger partial charge on any atom is -0.423 e. The first-order valence-corrected chi connectivity index (χ1v) is 3.47. The van der Waals surface area contributed by atoms with E-state index in [4.69, 9.17) is 0 Å². The van der Waals surface area contributed by atoms with Crippen molar-refractivity contribution in [2.45, 2.75) is 18.9 Å². The number of hydrogen-bond donors (Lipinski definition) is 0. The molecule has 53 valence electrons. The molecule has 0 aromatic carbocycles. The summed E-state index contributed by atoms with van der Waals surface area (Å²) in [7, 11) is 5.64. The molecule has 1 aliphatic heterocycles. The van der Waals surface area contributed by atoms with Crippen molar-refractivity contribution in [3.05, 3.63) is 7.05 Å². The summed E-state index contributed by atoms with van der Waals surface area (Å²) in [4.78, 5) is 2.36. The van der Waals surface area contributed by atoms with E-state index in [2.05, 4.69) is 24.3 Å². The maximum atomic E-state index is 3.88. The van der Waals surface area contributed by atoms with Crippen LogP contribution in [-0.4, -0.2) is 31.1 Å². The van der Waals surface area contributed by atoms with Gasteiger partial charge in [0.2, 0.25) is 0 Å². The Hall–Kier alpha value is -0.0800. The Kier molecular flexibility index (Phi) is 2.49. The van der Waals surface area contributed by atoms with Gasteiger partial charge in [0.15, 0.2) is 0 Å². The largest absolute Gasteiger partial charge is 0.423 e. The molecule has 1 radical (unpaired) electrons. The van der Waals surface area contributed by atoms with E-state index in [0.717, 1.165) is 6.54 Å². The molecule has 1 saturated heterocycles. The monoisotopic (exact) mass is 126 g/mol. The van der Waals surface area contributed by atoms with Crippen LogP contribution < -0.4 is 5.32 Å². The maximum Gasteiger partial charge on any atom is 0.0206 e. The minimum atomic E-state index is 0.683. The SMILES string of the molecule is [CH2-][N]CC1CCCN1C. The second-order valence-corrected chi connectivity index (χ2v) is 2.68. The highest BCUT2D eigenvalue weighted by Gasteiger charge is 2.18. The molecule has 1 rings (SSSR count). The van der Waals surface area contributed by atoms with Gasteiger partial charge in [-0.15, -0.1) is 0 Å². The summed E-state index contributed by atoms with van der Waals surface area (Å²) >= 11 is 0. The molecule has 0 saturated carbocycles. The molecule has 9 heavy (non-hydrogen) atoms. The van der Waals surface area contributed by atoms with E-state index in [0.29, 0.717) is 6.04 Å². The first-order chi connectivity index (χ1) is 4.34. The smallest absolute Gasteiger partial charge is 0.0206 e. The van der Waals surface area contributed by atoms with Crippen molar-refractivity contribution in [3.8, 4) is 0 Å². The predicted octanol–water partition coefficient (Wildman–Crippen LogP) is 0.477. The molecular weight excluding hydrogens is 112 g/mol. The maximum absolute atomic E-state index is 3.88. The summed E-state index contributed by atoms with van der Waals surface area (Å²) in [6.07, 6.45) is 2.63. The van der Waals surface area contributed by atoms with Crippen LogP contribution in [0.1, 0.15) is 12.8 Å². The fourth-order valence-corrected chi connectivity index (χ4v) is 1.36. The van der Waals surface area contributed by atoms with Gasteiger partial charge in [0.05, 0.1) is 0 Å². The molecule has 1 unspecified atom stereocenters. The van der Waals surface area contributed by atoms with E-state index in [-0.39, 0.29) is 0 Å². The van der Waals surface area contributed by atoms with E-state index in [1.54, 1.807) is 0 Å². The third-order valence-electron chi connectivity index (χ3n) is 2.01. The van der Waals surface area contributed by atoms with Crippen LogP contribution >= 0.6 is 0 Å². The number of hydrogen-bond acceptors (Lipinski definition) is 1. The summed E-state index contributed by atoms with van der Waals surface area (Å²) in [5.74, 6) is 0. The van der Waals surface area contributed by atoms with Crippen LogP contribution in [0.3, 0.4) is 0 Å². The lowest BCUT2D eigenvalue weighted by Crippen LogP contribution is -2.30. The Bertz CT molecular complexity index is 83.0. The summed E-state index contributed by atoms with van der Waals surface area (Å²) in [5, 5.41) is 3.88. The zero-order valence-electron chi connectivity index (χ0n) is 6.01. The zero-order valence-corrected chi connectivity index (χ0v) is 6.01. The lowest BCUT2D eigenvalue weighted by atomic mass is 10.2. The third kappa shape index (κ3) is 1.66. The standard InChI is InChI=1S/C7H14N2/c1-8-6-7-4-3-5-9(7)2/h7H,1,3-6H2,2H3/q-1. The van der Waals surface area contributed by atoms with Crippen LogP contribution in [0.25, 0.3) is 0 Å². The van der Waals surface area contributed by atoms with Gasteiger partial charge in [-0.2, -0.15) is 0 Å². The molecule has 1 aliphatic rings. The molecule has 0 N–H and O–H groups in total. The van der Waals surface area contributed by atoms with Crippen molar-refractivity contribution in [1.82, 2.24) is 10.2 Å². The lowest BCUT2D eigenvalue weighted by molar-refractivity contribution is 0.306. The molecule has 2 heteroatoms. The minimum absolute atomic E-state index is 0.683. The Balaban J connectivity index is 2.22. The third-order valence-corrected chi connectivity index (χ3v) is 2.01. The molecule has 1 heterocycles. The number of rotatable bonds is 2. The van der Waals surface area contributed by atoms with Crippen molar-refractivity contribution in [2.24, 2.45) is 0 Å².